The van der Waals surface area contributed by atoms with Crippen LogP contribution in [0.1, 0.15) is 103 Å². The van der Waals surface area contributed by atoms with Gasteiger partial charge in [0.1, 0.15) is 79.0 Å². The SMILES string of the molecule is C[C@@H]1NC(=O)C(CC(=O)O)NC(=O)CNC(=O)[C@H](CCCC[n+]2ccn3ccccc32)NC(=O)CCSSCC(C(N)=O)NC(=O)[C@H](C)N(CCc2c[nH]c3ccccc23)C1=O.C[C@@H]1NC(=O)C(CC(=O)O)NC(=O)CNC(=O)[C@H](CCCC[n+]2ccn3ncccc32)NC(=O)CCSSCC(C(N)=O)NC(=O)[C@H](C)N(CCc2c[nH]c3ccccc23)C1=O. The summed E-state index contributed by atoms with van der Waals surface area (Å²) in [6.45, 7) is 5.61. The minimum atomic E-state index is -1.66. The predicted molar refractivity (Wildman–Crippen MR) is 462 cm³/mol. The van der Waals surface area contributed by atoms with Crippen LogP contribution in [0.15, 0.2) is 128 Å². The second-order valence-electron chi connectivity index (χ2n) is 29.6. The molecule has 10 rings (SSSR count). The van der Waals surface area contributed by atoms with E-state index in [4.69, 9.17) is 11.5 Å². The lowest BCUT2D eigenvalue weighted by molar-refractivity contribution is -0.671. The molecule has 2 fully saturated rings. The lowest BCUT2D eigenvalue weighted by atomic mass is 10.1. The number of fused-ring (bicyclic) bond motifs is 4. The number of rotatable bonds is 22. The Labute approximate surface area is 728 Å². The number of aromatic nitrogens is 7. The number of carboxylic acids is 2. The van der Waals surface area contributed by atoms with Crippen molar-refractivity contribution in [1.29, 1.82) is 0 Å². The molecule has 124 heavy (non-hydrogen) atoms. The zero-order valence-electron chi connectivity index (χ0n) is 68.8. The summed E-state index contributed by atoms with van der Waals surface area (Å²) in [5, 5.41) is 50.6. The number of aliphatic carboxylic acids is 2. The van der Waals surface area contributed by atoms with Crippen LogP contribution >= 0.6 is 43.2 Å². The molecular formula is C81H105N21O18S4+2. The lowest BCUT2D eigenvalue weighted by Gasteiger charge is -2.32. The highest BCUT2D eigenvalue weighted by Crippen LogP contribution is 2.26. The summed E-state index contributed by atoms with van der Waals surface area (Å²) >= 11 is 0. The molecule has 0 radical (unpaired) electrons. The molecule has 0 aliphatic carbocycles. The van der Waals surface area contributed by atoms with Crippen LogP contribution in [0.4, 0.5) is 0 Å². The van der Waals surface area contributed by atoms with E-state index in [0.29, 0.717) is 51.6 Å². The molecule has 43 heteroatoms. The van der Waals surface area contributed by atoms with Crippen LogP contribution in [0.2, 0.25) is 0 Å². The van der Waals surface area contributed by atoms with Crippen LogP contribution < -0.4 is 73.8 Å². The highest BCUT2D eigenvalue weighted by molar-refractivity contribution is 8.77. The summed E-state index contributed by atoms with van der Waals surface area (Å²) < 4.78 is 7.77. The van der Waals surface area contributed by atoms with Gasteiger partial charge in [0.15, 0.2) is 6.20 Å². The number of para-hydroxylation sites is 2. The van der Waals surface area contributed by atoms with Gasteiger partial charge in [0, 0.05) is 95.3 Å². The topological polar surface area (TPSA) is 553 Å². The van der Waals surface area contributed by atoms with Crippen LogP contribution in [-0.4, -0.2) is 248 Å². The van der Waals surface area contributed by atoms with Gasteiger partial charge in [0.05, 0.1) is 51.4 Å². The second kappa shape index (κ2) is 47.4. The minimum absolute atomic E-state index is 0.000550. The number of H-pyrrole nitrogens is 2. The molecule has 664 valence electrons. The summed E-state index contributed by atoms with van der Waals surface area (Å²) in [6, 6.07) is 12.0. The standard InChI is InChI=1S/C41H52N10O9S2.C40H51N11O9S2/c1-25-41(60)51(17-13-27-22-43-29-10-4-3-9-28(27)29)26(2)38(57)48-32(37(42)56)24-62-61-20-14-33(52)46-30(11-5-7-15-49-18-19-50-16-8-6-12-35(49)50)39(58)44-23-34(53)47-31(21-36(54)55)40(59)45-25;1-24-40(60)50(16-12-26-21-42-28-9-4-3-8-27(26)28)25(2)37(57)48-31(36(41)56)23-62-61-19-13-32(52)46-29(10-5-6-15-49-17-18-51-34(49)11-7-14-44-51)38(58)43-22-33(53)47-30(20-35(54)55)39(59)45-24/h3-4,6,8-10,12,16,18-19,22,25-26,30-32,43H,5,7,11,13-15,17,20-21,23-24H2,1-2H3,(H7-,42,44,45,46,47,48,52,53,54,55,56,57,58,59);3-4,7-9,11,14,17-18,21,24-25,29-31,42H,5-6,10,12-13,15-16,19-20,22-23H2,1-2H3,(H7-,41,43,45,46,47,48,52,53,54,55,56,57,58,59)/p+2/t25-,26-,30-,31?,32?;24-,25-,29-,30?,31?/m00/s1. The van der Waals surface area contributed by atoms with Gasteiger partial charge in [-0.2, -0.15) is 0 Å². The van der Waals surface area contributed by atoms with E-state index in [1.54, 1.807) is 23.1 Å². The Morgan fingerprint density at radius 3 is 1.35 bits per heavy atom. The number of hydrogen-bond acceptors (Lipinski definition) is 21. The van der Waals surface area contributed by atoms with Crippen molar-refractivity contribution >= 4 is 171 Å². The number of aryl methyl sites for hydroxylation is 2. The van der Waals surface area contributed by atoms with Gasteiger partial charge in [-0.3, -0.25) is 76.7 Å². The third-order valence-electron chi connectivity index (χ3n) is 20.6. The molecule has 8 aromatic rings. The van der Waals surface area contributed by atoms with E-state index in [2.05, 4.69) is 72.8 Å². The van der Waals surface area contributed by atoms with E-state index in [-0.39, 0.29) is 61.8 Å². The molecule has 6 aromatic heterocycles. The van der Waals surface area contributed by atoms with Gasteiger partial charge < -0.3 is 94.6 Å². The van der Waals surface area contributed by atoms with E-state index < -0.39 is 181 Å². The Kier molecular flexibility index (Phi) is 36.5. The fourth-order valence-corrected chi connectivity index (χ4v) is 18.1. The number of pyridine rings is 1. The van der Waals surface area contributed by atoms with E-state index in [9.17, 15) is 86.9 Å². The number of hydrogen-bond donors (Lipinski definition) is 16. The molecule has 4 unspecified atom stereocenters. The van der Waals surface area contributed by atoms with Gasteiger partial charge in [-0.05, 0) is 114 Å². The minimum Gasteiger partial charge on any atom is -0.481 e. The number of carbonyl (C=O) groups excluding carboxylic acids is 14. The van der Waals surface area contributed by atoms with Crippen LogP contribution in [0.3, 0.4) is 0 Å². The molecule has 2 aromatic carbocycles. The number of aromatic amines is 2. The number of amides is 14. The zero-order chi connectivity index (χ0) is 89.5. The van der Waals surface area contributed by atoms with Crippen molar-refractivity contribution in [3.8, 4) is 0 Å². The van der Waals surface area contributed by atoms with Gasteiger partial charge in [-0.1, -0.05) is 90.7 Å². The monoisotopic (exact) mass is 1790 g/mol. The first-order valence-corrected chi connectivity index (χ1v) is 45.3. The second-order valence-corrected chi connectivity index (χ2v) is 34.9. The van der Waals surface area contributed by atoms with E-state index in [1.165, 1.54) is 80.7 Å². The van der Waals surface area contributed by atoms with Crippen molar-refractivity contribution < 1.29 is 96.1 Å². The molecule has 8 heterocycles. The number of nitrogens with two attached hydrogens (primary N) is 2. The Balaban J connectivity index is 0.000000281. The number of carboxylic acid groups (broad SMARTS) is 2. The summed E-state index contributed by atoms with van der Waals surface area (Å²) in [5.41, 5.74) is 16.6. The normalized spacial score (nSPS) is 22.0. The fourth-order valence-electron chi connectivity index (χ4n) is 13.8. The number of carbonyl (C=O) groups is 16. The van der Waals surface area contributed by atoms with Crippen molar-refractivity contribution in [2.24, 2.45) is 11.5 Å². The lowest BCUT2D eigenvalue weighted by Crippen LogP contribution is -2.59. The molecule has 10 atom stereocenters. The fraction of sp³-hybridized carbons (Fsp3) is 0.444. The van der Waals surface area contributed by atoms with Gasteiger partial charge in [-0.15, -0.1) is 4.52 Å². The Bertz CT molecular complexity index is 4840. The summed E-state index contributed by atoms with van der Waals surface area (Å²) in [5.74, 6) is -12.6. The van der Waals surface area contributed by atoms with Crippen LogP contribution in [0, 0.1) is 0 Å². The summed E-state index contributed by atoms with van der Waals surface area (Å²) in [6.07, 6.45) is 16.4. The van der Waals surface area contributed by atoms with E-state index in [1.807, 2.05) is 119 Å². The maximum Gasteiger partial charge on any atom is 0.307 e. The van der Waals surface area contributed by atoms with Gasteiger partial charge in [0.25, 0.3) is 5.65 Å². The molecule has 14 amide bonds. The molecular weight excluding hydrogens is 1680 g/mol. The largest absolute Gasteiger partial charge is 0.481 e. The van der Waals surface area contributed by atoms with Gasteiger partial charge in [0.2, 0.25) is 82.7 Å². The number of benzene rings is 2. The quantitative estimate of drug-likeness (QED) is 0.0236. The Morgan fingerprint density at radius 1 is 0.468 bits per heavy atom. The molecule has 2 aliphatic rings. The molecule has 39 nitrogen and oxygen atoms in total. The molecule has 18 N–H and O–H groups in total. The van der Waals surface area contributed by atoms with Gasteiger partial charge in [-0.25, -0.2) is 13.5 Å². The first-order chi connectivity index (χ1) is 59.4. The molecule has 0 spiro atoms. The van der Waals surface area contributed by atoms with Crippen LogP contribution in [-0.2, 0) is 103 Å². The van der Waals surface area contributed by atoms with Crippen molar-refractivity contribution in [3.63, 3.8) is 0 Å². The number of nitrogens with zero attached hydrogens (tertiary/aromatic N) is 7. The summed E-state index contributed by atoms with van der Waals surface area (Å²) in [4.78, 5) is 219. The van der Waals surface area contributed by atoms with Crippen molar-refractivity contribution in [2.75, 3.05) is 49.2 Å². The van der Waals surface area contributed by atoms with E-state index in [0.717, 1.165) is 44.2 Å². The number of imidazole rings is 2. The highest BCUT2D eigenvalue weighted by Gasteiger charge is 2.37. The average Bonchev–Trinajstić information content (AvgIpc) is 1.77. The third-order valence-corrected chi connectivity index (χ3v) is 25.4. The first kappa shape index (κ1) is 95.6. The predicted octanol–water partition coefficient (Wildman–Crippen LogP) is -0.288. The molecule has 0 saturated carbocycles. The van der Waals surface area contributed by atoms with Crippen molar-refractivity contribution in [2.45, 2.75) is 178 Å². The Hall–Kier alpha value is -12.3. The number of unbranched alkanes of at least 4 members (excludes halogenated alkanes) is 2. The Morgan fingerprint density at radius 2 is 0.895 bits per heavy atom. The maximum atomic E-state index is 14.1. The maximum absolute atomic E-state index is 14.1. The zero-order valence-corrected chi connectivity index (χ0v) is 72.1. The first-order valence-electron chi connectivity index (χ1n) is 40.4. The number of nitrogens with one attached hydrogen (secondary N) is 12. The van der Waals surface area contributed by atoms with Crippen LogP contribution in [0.25, 0.3) is 33.1 Å². The highest BCUT2D eigenvalue weighted by atomic mass is 33.1. The molecule has 2 saturated heterocycles. The molecule has 2 aliphatic heterocycles. The molecule has 0 bridgehead atoms. The van der Waals surface area contributed by atoms with Crippen LogP contribution in [0.5, 0.6) is 0 Å². The average molecular weight is 1790 g/mol. The summed E-state index contributed by atoms with van der Waals surface area (Å²) in [7, 11) is 4.93. The number of primary amides is 2. The third kappa shape index (κ3) is 28.4. The smallest absolute Gasteiger partial charge is 0.307 e. The van der Waals surface area contributed by atoms with Gasteiger partial charge >= 0.3 is 17.6 Å². The van der Waals surface area contributed by atoms with Crippen molar-refractivity contribution in [1.82, 2.24) is 87.0 Å². The van der Waals surface area contributed by atoms with Crippen molar-refractivity contribution in [3.05, 3.63) is 140 Å². The van der Waals surface area contributed by atoms with E-state index >= 15 is 0 Å².